The topological polar surface area (TPSA) is 55.5 Å². The molecule has 1 rings (SSSR count). The molecule has 0 aliphatic heterocycles. The van der Waals surface area contributed by atoms with Crippen molar-refractivity contribution in [3.8, 4) is 5.75 Å². The molecule has 84 valence electrons. The maximum Gasteiger partial charge on any atom is 0.131 e. The molecule has 0 saturated heterocycles. The Balaban J connectivity index is 3.24. The Labute approximate surface area is 96.2 Å². The summed E-state index contributed by atoms with van der Waals surface area (Å²) in [5.74, 6) is -0.467. The van der Waals surface area contributed by atoms with Gasteiger partial charge in [-0.15, -0.1) is 0 Å². The Bertz CT molecular complexity index is 342. The summed E-state index contributed by atoms with van der Waals surface area (Å²) in [5.41, 5.74) is 5.78. The third-order valence-electron chi connectivity index (χ3n) is 2.19. The zero-order chi connectivity index (χ0) is 11.4. The minimum absolute atomic E-state index is 0.172. The summed E-state index contributed by atoms with van der Waals surface area (Å²) in [7, 11) is 1.45. The summed E-state index contributed by atoms with van der Waals surface area (Å²) in [6.07, 6.45) is 0. The van der Waals surface area contributed by atoms with E-state index < -0.39 is 11.7 Å². The lowest BCUT2D eigenvalue weighted by Crippen LogP contribution is -2.18. The number of hydrogen-bond acceptors (Lipinski definition) is 3. The fourth-order valence-electron chi connectivity index (χ4n) is 1.41. The summed E-state index contributed by atoms with van der Waals surface area (Å²) < 4.78 is 19.3. The molecule has 0 aliphatic rings. The SMILES string of the molecule is COc1cc(Br)cc(F)c1C(CN)CO. The first-order chi connectivity index (χ1) is 7.13. The lowest BCUT2D eigenvalue weighted by atomic mass is 9.98. The molecule has 1 atom stereocenters. The number of aliphatic hydroxyl groups excluding tert-OH is 1. The van der Waals surface area contributed by atoms with Gasteiger partial charge in [0.1, 0.15) is 11.6 Å². The van der Waals surface area contributed by atoms with E-state index in [1.54, 1.807) is 6.07 Å². The van der Waals surface area contributed by atoms with E-state index in [2.05, 4.69) is 15.9 Å². The van der Waals surface area contributed by atoms with Gasteiger partial charge in [-0.2, -0.15) is 0 Å². The standard InChI is InChI=1S/C10H13BrFNO2/c1-15-9-3-7(11)2-8(12)10(9)6(4-13)5-14/h2-3,6,14H,4-5,13H2,1H3. The van der Waals surface area contributed by atoms with Crippen LogP contribution in [0, 0.1) is 5.82 Å². The van der Waals surface area contributed by atoms with Crippen molar-refractivity contribution in [2.24, 2.45) is 5.73 Å². The fraction of sp³-hybridized carbons (Fsp3) is 0.400. The number of hydrogen-bond donors (Lipinski definition) is 2. The van der Waals surface area contributed by atoms with Gasteiger partial charge in [0.15, 0.2) is 0 Å². The molecule has 0 aromatic heterocycles. The molecule has 0 bridgehead atoms. The predicted octanol–water partition coefficient (Wildman–Crippen LogP) is 1.63. The van der Waals surface area contributed by atoms with Crippen LogP contribution >= 0.6 is 15.9 Å². The number of aliphatic hydroxyl groups is 1. The summed E-state index contributed by atoms with van der Waals surface area (Å²) in [6.45, 7) is -0.0309. The molecule has 1 aromatic rings. The smallest absolute Gasteiger partial charge is 0.131 e. The average molecular weight is 278 g/mol. The highest BCUT2D eigenvalue weighted by atomic mass is 79.9. The van der Waals surface area contributed by atoms with Crippen molar-refractivity contribution in [2.45, 2.75) is 5.92 Å². The number of halogens is 2. The van der Waals surface area contributed by atoms with Crippen LogP contribution in [-0.2, 0) is 0 Å². The molecular weight excluding hydrogens is 265 g/mol. The van der Waals surface area contributed by atoms with E-state index in [-0.39, 0.29) is 13.2 Å². The third kappa shape index (κ3) is 2.68. The van der Waals surface area contributed by atoms with Crippen LogP contribution in [0.1, 0.15) is 11.5 Å². The van der Waals surface area contributed by atoms with E-state index in [1.165, 1.54) is 13.2 Å². The molecule has 0 fully saturated rings. The van der Waals surface area contributed by atoms with Crippen molar-refractivity contribution in [3.05, 3.63) is 28.0 Å². The molecule has 15 heavy (non-hydrogen) atoms. The van der Waals surface area contributed by atoms with E-state index in [4.69, 9.17) is 15.6 Å². The summed E-state index contributed by atoms with van der Waals surface area (Å²) in [4.78, 5) is 0. The molecule has 1 aromatic carbocycles. The van der Waals surface area contributed by atoms with Crippen molar-refractivity contribution in [1.29, 1.82) is 0 Å². The second-order valence-corrected chi connectivity index (χ2v) is 4.03. The highest BCUT2D eigenvalue weighted by molar-refractivity contribution is 9.10. The van der Waals surface area contributed by atoms with Crippen LogP contribution < -0.4 is 10.5 Å². The minimum Gasteiger partial charge on any atom is -0.496 e. The van der Waals surface area contributed by atoms with Gasteiger partial charge in [0.05, 0.1) is 13.7 Å². The molecule has 0 saturated carbocycles. The summed E-state index contributed by atoms with van der Waals surface area (Å²) in [6, 6.07) is 2.98. The molecule has 3 N–H and O–H groups in total. The van der Waals surface area contributed by atoms with Crippen LogP contribution in [0.25, 0.3) is 0 Å². The second-order valence-electron chi connectivity index (χ2n) is 3.12. The fourth-order valence-corrected chi connectivity index (χ4v) is 1.82. The van der Waals surface area contributed by atoms with E-state index >= 15 is 0 Å². The van der Waals surface area contributed by atoms with E-state index in [0.29, 0.717) is 15.8 Å². The van der Waals surface area contributed by atoms with Crippen LogP contribution in [-0.4, -0.2) is 25.4 Å². The average Bonchev–Trinajstić information content (AvgIpc) is 2.21. The van der Waals surface area contributed by atoms with Gasteiger partial charge in [-0.05, 0) is 12.1 Å². The number of rotatable bonds is 4. The number of nitrogens with two attached hydrogens (primary N) is 1. The van der Waals surface area contributed by atoms with Crippen molar-refractivity contribution < 1.29 is 14.2 Å². The zero-order valence-electron chi connectivity index (χ0n) is 8.34. The van der Waals surface area contributed by atoms with E-state index in [1.807, 2.05) is 0 Å². The zero-order valence-corrected chi connectivity index (χ0v) is 9.92. The lowest BCUT2D eigenvalue weighted by molar-refractivity contribution is 0.261. The first kappa shape index (κ1) is 12.4. The third-order valence-corrected chi connectivity index (χ3v) is 2.65. The van der Waals surface area contributed by atoms with Gasteiger partial charge >= 0.3 is 0 Å². The van der Waals surface area contributed by atoms with Gasteiger partial charge in [0.2, 0.25) is 0 Å². The molecule has 0 amide bonds. The molecule has 0 radical (unpaired) electrons. The predicted molar refractivity (Wildman–Crippen MR) is 59.5 cm³/mol. The number of ether oxygens (including phenoxy) is 1. The second kappa shape index (κ2) is 5.44. The lowest BCUT2D eigenvalue weighted by Gasteiger charge is -2.17. The van der Waals surface area contributed by atoms with Crippen molar-refractivity contribution in [3.63, 3.8) is 0 Å². The Morgan fingerprint density at radius 2 is 2.27 bits per heavy atom. The van der Waals surface area contributed by atoms with Gasteiger partial charge < -0.3 is 15.6 Å². The maximum atomic E-state index is 13.6. The maximum absolute atomic E-state index is 13.6. The van der Waals surface area contributed by atoms with Gasteiger partial charge in [0.25, 0.3) is 0 Å². The van der Waals surface area contributed by atoms with Gasteiger partial charge in [0, 0.05) is 22.5 Å². The van der Waals surface area contributed by atoms with Gasteiger partial charge in [-0.3, -0.25) is 0 Å². The van der Waals surface area contributed by atoms with Crippen LogP contribution in [0.3, 0.4) is 0 Å². The van der Waals surface area contributed by atoms with Gasteiger partial charge in [-0.1, -0.05) is 15.9 Å². The Kier molecular flexibility index (Phi) is 4.50. The van der Waals surface area contributed by atoms with Crippen molar-refractivity contribution in [2.75, 3.05) is 20.3 Å². The highest BCUT2D eigenvalue weighted by Crippen LogP contribution is 2.32. The Morgan fingerprint density at radius 3 is 2.73 bits per heavy atom. The summed E-state index contributed by atoms with van der Waals surface area (Å²) >= 11 is 3.17. The first-order valence-corrected chi connectivity index (χ1v) is 5.27. The molecule has 0 heterocycles. The molecular formula is C10H13BrFNO2. The van der Waals surface area contributed by atoms with Crippen LogP contribution in [0.4, 0.5) is 4.39 Å². The van der Waals surface area contributed by atoms with E-state index in [9.17, 15) is 4.39 Å². The monoisotopic (exact) mass is 277 g/mol. The highest BCUT2D eigenvalue weighted by Gasteiger charge is 2.19. The molecule has 0 spiro atoms. The largest absolute Gasteiger partial charge is 0.496 e. The Hall–Kier alpha value is -0.650. The minimum atomic E-state index is -0.437. The van der Waals surface area contributed by atoms with E-state index in [0.717, 1.165) is 0 Å². The molecule has 1 unspecified atom stereocenters. The van der Waals surface area contributed by atoms with Crippen LogP contribution in [0.15, 0.2) is 16.6 Å². The first-order valence-electron chi connectivity index (χ1n) is 4.47. The van der Waals surface area contributed by atoms with Crippen LogP contribution in [0.5, 0.6) is 5.75 Å². The normalized spacial score (nSPS) is 12.6. The number of methoxy groups -OCH3 is 1. The molecule has 0 aliphatic carbocycles. The van der Waals surface area contributed by atoms with Gasteiger partial charge in [-0.25, -0.2) is 4.39 Å². The van der Waals surface area contributed by atoms with Crippen molar-refractivity contribution >= 4 is 15.9 Å². The van der Waals surface area contributed by atoms with Crippen molar-refractivity contribution in [1.82, 2.24) is 0 Å². The quantitative estimate of drug-likeness (QED) is 0.880. The molecule has 3 nitrogen and oxygen atoms in total. The summed E-state index contributed by atoms with van der Waals surface area (Å²) in [5, 5.41) is 9.08. The Morgan fingerprint density at radius 1 is 1.60 bits per heavy atom. The molecule has 5 heteroatoms. The van der Waals surface area contributed by atoms with Crippen LogP contribution in [0.2, 0.25) is 0 Å². The number of benzene rings is 1.